The van der Waals surface area contributed by atoms with Crippen molar-refractivity contribution >= 4 is 9.84 Å². The second-order valence-electron chi connectivity index (χ2n) is 4.70. The first kappa shape index (κ1) is 17.0. The predicted molar refractivity (Wildman–Crippen MR) is 75.8 cm³/mol. The minimum absolute atomic E-state index is 0.0130. The highest BCUT2D eigenvalue weighted by Gasteiger charge is 2.31. The van der Waals surface area contributed by atoms with Crippen molar-refractivity contribution in [2.24, 2.45) is 0 Å². The van der Waals surface area contributed by atoms with Gasteiger partial charge in [-0.2, -0.15) is 8.78 Å². The maximum absolute atomic E-state index is 12.8. The molecule has 0 fully saturated rings. The first-order chi connectivity index (χ1) is 9.36. The molecule has 0 aliphatic carbocycles. The molecule has 1 aromatic rings. The van der Waals surface area contributed by atoms with Gasteiger partial charge in [0, 0.05) is 6.04 Å². The molecule has 1 N–H and O–H groups in total. The Morgan fingerprint density at radius 3 is 2.30 bits per heavy atom. The highest BCUT2D eigenvalue weighted by molar-refractivity contribution is 7.91. The lowest BCUT2D eigenvalue weighted by Gasteiger charge is -2.25. The van der Waals surface area contributed by atoms with Crippen molar-refractivity contribution in [3.63, 3.8) is 0 Å². The zero-order chi connectivity index (χ0) is 15.3. The van der Waals surface area contributed by atoms with Crippen LogP contribution in [-0.2, 0) is 9.84 Å². The van der Waals surface area contributed by atoms with E-state index in [1.807, 2.05) is 20.8 Å². The summed E-state index contributed by atoms with van der Waals surface area (Å²) in [4.78, 5) is -0.258. The molecular weight excluding hydrogens is 284 g/mol. The third-order valence-electron chi connectivity index (χ3n) is 3.43. The lowest BCUT2D eigenvalue weighted by Crippen LogP contribution is -2.32. The Morgan fingerprint density at radius 1 is 1.20 bits per heavy atom. The molecule has 0 saturated heterocycles. The van der Waals surface area contributed by atoms with Crippen LogP contribution < -0.4 is 5.32 Å². The molecule has 6 heteroatoms. The second kappa shape index (κ2) is 7.13. The van der Waals surface area contributed by atoms with Crippen molar-refractivity contribution in [2.75, 3.05) is 6.54 Å². The predicted octanol–water partition coefficient (Wildman–Crippen LogP) is 3.17. The minimum Gasteiger partial charge on any atom is -0.314 e. The molecule has 114 valence electrons. The van der Waals surface area contributed by atoms with Gasteiger partial charge < -0.3 is 5.32 Å². The van der Waals surface area contributed by atoms with E-state index < -0.39 is 15.6 Å². The molecule has 0 radical (unpaired) electrons. The Labute approximate surface area is 119 Å². The van der Waals surface area contributed by atoms with E-state index in [1.165, 1.54) is 12.1 Å². The van der Waals surface area contributed by atoms with E-state index in [4.69, 9.17) is 0 Å². The van der Waals surface area contributed by atoms with Crippen molar-refractivity contribution in [1.82, 2.24) is 5.32 Å². The number of sulfone groups is 1. The maximum Gasteiger partial charge on any atom is 0.341 e. The van der Waals surface area contributed by atoms with Crippen molar-refractivity contribution in [3.05, 3.63) is 29.8 Å². The molecule has 0 bridgehead atoms. The van der Waals surface area contributed by atoms with Crippen molar-refractivity contribution in [1.29, 1.82) is 0 Å². The van der Waals surface area contributed by atoms with Crippen LogP contribution in [0.3, 0.4) is 0 Å². The van der Waals surface area contributed by atoms with Gasteiger partial charge in [-0.15, -0.1) is 0 Å². The van der Waals surface area contributed by atoms with Crippen molar-refractivity contribution in [3.8, 4) is 0 Å². The highest BCUT2D eigenvalue weighted by atomic mass is 32.2. The van der Waals surface area contributed by atoms with E-state index >= 15 is 0 Å². The van der Waals surface area contributed by atoms with Gasteiger partial charge in [0.25, 0.3) is 0 Å². The van der Waals surface area contributed by atoms with Crippen LogP contribution in [0.1, 0.15) is 38.7 Å². The number of benzene rings is 1. The Hall–Kier alpha value is -1.01. The van der Waals surface area contributed by atoms with Crippen molar-refractivity contribution < 1.29 is 17.2 Å². The Morgan fingerprint density at radius 2 is 1.80 bits per heavy atom. The molecule has 1 aromatic carbocycles. The van der Waals surface area contributed by atoms with E-state index in [0.717, 1.165) is 6.54 Å². The number of halogens is 2. The van der Waals surface area contributed by atoms with Gasteiger partial charge in [0.05, 0.1) is 4.90 Å². The normalized spacial score (nSPS) is 15.3. The number of hydrogen-bond donors (Lipinski definition) is 1. The second-order valence-corrected chi connectivity index (χ2v) is 6.59. The molecule has 1 rings (SSSR count). The van der Waals surface area contributed by atoms with Crippen LogP contribution in [0.25, 0.3) is 0 Å². The summed E-state index contributed by atoms with van der Waals surface area (Å²) in [6.45, 7) is 6.54. The quantitative estimate of drug-likeness (QED) is 0.841. The molecule has 0 heterocycles. The molecule has 3 nitrogen and oxygen atoms in total. The molecule has 0 saturated carbocycles. The number of nitrogens with one attached hydrogen (secondary N) is 1. The van der Waals surface area contributed by atoms with Gasteiger partial charge >= 0.3 is 5.76 Å². The van der Waals surface area contributed by atoms with Crippen LogP contribution in [0.4, 0.5) is 8.78 Å². The Kier molecular flexibility index (Phi) is 6.07. The third kappa shape index (κ3) is 3.55. The van der Waals surface area contributed by atoms with Crippen LogP contribution in [0.5, 0.6) is 0 Å². The first-order valence-electron chi connectivity index (χ1n) is 6.70. The molecule has 2 atom stereocenters. The fourth-order valence-electron chi connectivity index (χ4n) is 2.45. The van der Waals surface area contributed by atoms with Gasteiger partial charge in [-0.3, -0.25) is 0 Å². The summed E-state index contributed by atoms with van der Waals surface area (Å²) in [5.41, 5.74) is 0.462. The molecule has 0 aromatic heterocycles. The average Bonchev–Trinajstić information content (AvgIpc) is 2.40. The van der Waals surface area contributed by atoms with Gasteiger partial charge in [-0.25, -0.2) is 8.42 Å². The Balaban J connectivity index is 3.31. The van der Waals surface area contributed by atoms with Gasteiger partial charge in [0.1, 0.15) is 0 Å². The topological polar surface area (TPSA) is 46.2 Å². The van der Waals surface area contributed by atoms with Gasteiger partial charge in [0.2, 0.25) is 9.84 Å². The molecule has 0 amide bonds. The molecular formula is C14H21F2NO2S. The molecule has 0 aliphatic heterocycles. The third-order valence-corrected chi connectivity index (χ3v) is 4.88. The SMILES string of the molecule is CCNC(C)C(CC)c1ccccc1S(=O)(=O)C(F)F. The van der Waals surface area contributed by atoms with E-state index in [0.29, 0.717) is 12.0 Å². The molecule has 0 spiro atoms. The van der Waals surface area contributed by atoms with Crippen LogP contribution in [0, 0.1) is 0 Å². The molecule has 2 unspecified atom stereocenters. The van der Waals surface area contributed by atoms with E-state index in [-0.39, 0.29) is 16.9 Å². The molecule has 20 heavy (non-hydrogen) atoms. The first-order valence-corrected chi connectivity index (χ1v) is 8.25. The highest BCUT2D eigenvalue weighted by Crippen LogP contribution is 2.31. The standard InChI is InChI=1S/C14H21F2NO2S/c1-4-11(10(3)17-5-2)12-8-6-7-9-13(12)20(18,19)14(15)16/h6-11,14,17H,4-5H2,1-3H3. The molecule has 0 aliphatic rings. The Bertz CT molecular complexity index is 532. The van der Waals surface area contributed by atoms with E-state index in [1.54, 1.807) is 12.1 Å². The number of rotatable bonds is 7. The lowest BCUT2D eigenvalue weighted by molar-refractivity contribution is 0.234. The minimum atomic E-state index is -4.57. The number of alkyl halides is 2. The van der Waals surface area contributed by atoms with Gasteiger partial charge in [-0.1, -0.05) is 32.0 Å². The van der Waals surface area contributed by atoms with Crippen LogP contribution in [0.15, 0.2) is 29.2 Å². The fourth-order valence-corrected chi connectivity index (χ4v) is 3.46. The monoisotopic (exact) mass is 305 g/mol. The smallest absolute Gasteiger partial charge is 0.314 e. The maximum atomic E-state index is 12.8. The summed E-state index contributed by atoms with van der Waals surface area (Å²) in [6, 6.07) is 6.05. The lowest BCUT2D eigenvalue weighted by atomic mass is 9.90. The number of likely N-dealkylation sites (N-methyl/N-ethyl adjacent to an activating group) is 1. The van der Waals surface area contributed by atoms with Crippen LogP contribution in [0.2, 0.25) is 0 Å². The summed E-state index contributed by atoms with van der Waals surface area (Å²) in [6.07, 6.45) is 0.671. The van der Waals surface area contributed by atoms with E-state index in [2.05, 4.69) is 5.32 Å². The van der Waals surface area contributed by atoms with Crippen LogP contribution in [-0.4, -0.2) is 26.8 Å². The summed E-state index contributed by atoms with van der Waals surface area (Å²) >= 11 is 0. The summed E-state index contributed by atoms with van der Waals surface area (Å²) < 4.78 is 49.1. The van der Waals surface area contributed by atoms with Gasteiger partial charge in [-0.05, 0) is 37.4 Å². The number of hydrogen-bond acceptors (Lipinski definition) is 3. The largest absolute Gasteiger partial charge is 0.341 e. The zero-order valence-corrected chi connectivity index (χ0v) is 12.8. The zero-order valence-electron chi connectivity index (χ0n) is 11.9. The van der Waals surface area contributed by atoms with Gasteiger partial charge in [0.15, 0.2) is 0 Å². The summed E-state index contributed by atoms with van der Waals surface area (Å²) in [5.74, 6) is -3.52. The summed E-state index contributed by atoms with van der Waals surface area (Å²) in [5, 5.41) is 3.22. The fraction of sp³-hybridized carbons (Fsp3) is 0.571. The van der Waals surface area contributed by atoms with Crippen LogP contribution >= 0.6 is 0 Å². The van der Waals surface area contributed by atoms with E-state index in [9.17, 15) is 17.2 Å². The summed E-state index contributed by atoms with van der Waals surface area (Å²) in [7, 11) is -4.57. The van der Waals surface area contributed by atoms with Crippen molar-refractivity contribution in [2.45, 2.75) is 49.8 Å². The average molecular weight is 305 g/mol.